The second kappa shape index (κ2) is 7.90. The molecular weight excluding hydrogens is 332 g/mol. The van der Waals surface area contributed by atoms with Crippen LogP contribution in [-0.4, -0.2) is 30.8 Å². The van der Waals surface area contributed by atoms with Crippen LogP contribution in [0.4, 0.5) is 10.5 Å². The SMILES string of the molecule is CCCCCCCNC(=O)Oc1ccc2c(c1)C1(C)CCSC1N2C. The highest BCUT2D eigenvalue weighted by molar-refractivity contribution is 8.00. The van der Waals surface area contributed by atoms with Crippen LogP contribution in [0.15, 0.2) is 18.2 Å². The van der Waals surface area contributed by atoms with Gasteiger partial charge in [-0.15, -0.1) is 11.8 Å². The standard InChI is InChI=1S/C20H30N2O2S/c1-4-5-6-7-8-12-21-19(23)24-15-9-10-17-16(14-15)20(2)11-13-25-18(20)22(17)3/h9-10,14,18H,4-8,11-13H2,1-3H3,(H,21,23). The summed E-state index contributed by atoms with van der Waals surface area (Å²) in [4.78, 5) is 14.4. The van der Waals surface area contributed by atoms with Gasteiger partial charge in [0.05, 0.1) is 5.37 Å². The molecule has 0 aromatic heterocycles. The third-order valence-corrected chi connectivity index (χ3v) is 7.11. The Balaban J connectivity index is 1.56. The second-order valence-corrected chi connectivity index (χ2v) is 8.60. The van der Waals surface area contributed by atoms with Crippen LogP contribution in [0.5, 0.6) is 5.75 Å². The number of anilines is 1. The van der Waals surface area contributed by atoms with Crippen LogP contribution < -0.4 is 15.0 Å². The summed E-state index contributed by atoms with van der Waals surface area (Å²) < 4.78 is 5.52. The predicted molar refractivity (Wildman–Crippen MR) is 106 cm³/mol. The van der Waals surface area contributed by atoms with Crippen LogP contribution in [0.1, 0.15) is 57.9 Å². The van der Waals surface area contributed by atoms with Gasteiger partial charge in [0, 0.05) is 24.7 Å². The minimum atomic E-state index is -0.343. The number of nitrogens with one attached hydrogen (secondary N) is 1. The van der Waals surface area contributed by atoms with Gasteiger partial charge < -0.3 is 15.0 Å². The third-order valence-electron chi connectivity index (χ3n) is 5.52. The fourth-order valence-corrected chi connectivity index (χ4v) is 5.74. The van der Waals surface area contributed by atoms with E-state index in [2.05, 4.69) is 43.2 Å². The number of benzene rings is 1. The Kier molecular flexibility index (Phi) is 5.82. The number of carbonyl (C=O) groups is 1. The molecule has 2 aliphatic rings. The van der Waals surface area contributed by atoms with Crippen LogP contribution in [0.2, 0.25) is 0 Å². The van der Waals surface area contributed by atoms with Gasteiger partial charge in [0.15, 0.2) is 0 Å². The fraction of sp³-hybridized carbons (Fsp3) is 0.650. The molecule has 1 aromatic carbocycles. The first-order chi connectivity index (χ1) is 12.1. The summed E-state index contributed by atoms with van der Waals surface area (Å²) in [6, 6.07) is 6.07. The maximum Gasteiger partial charge on any atom is 0.412 e. The molecule has 1 fully saturated rings. The molecule has 0 radical (unpaired) electrons. The quantitative estimate of drug-likeness (QED) is 0.699. The molecule has 0 spiro atoms. The third kappa shape index (κ3) is 3.76. The van der Waals surface area contributed by atoms with Crippen molar-refractivity contribution in [1.29, 1.82) is 0 Å². The number of fused-ring (bicyclic) bond motifs is 3. The van der Waals surface area contributed by atoms with Crippen molar-refractivity contribution in [3.63, 3.8) is 0 Å². The number of rotatable bonds is 7. The molecule has 5 heteroatoms. The summed E-state index contributed by atoms with van der Waals surface area (Å²) in [7, 11) is 2.17. The van der Waals surface area contributed by atoms with Gasteiger partial charge >= 0.3 is 6.09 Å². The van der Waals surface area contributed by atoms with Crippen LogP contribution in [-0.2, 0) is 5.41 Å². The average Bonchev–Trinajstić information content (AvgIpc) is 3.08. The van der Waals surface area contributed by atoms with Gasteiger partial charge in [0.2, 0.25) is 0 Å². The van der Waals surface area contributed by atoms with Crippen molar-refractivity contribution in [2.45, 2.75) is 63.2 Å². The van der Waals surface area contributed by atoms with Crippen molar-refractivity contribution >= 4 is 23.5 Å². The molecule has 138 valence electrons. The Labute approximate surface area is 155 Å². The van der Waals surface area contributed by atoms with Crippen molar-refractivity contribution in [3.8, 4) is 5.75 Å². The minimum Gasteiger partial charge on any atom is -0.410 e. The van der Waals surface area contributed by atoms with Gasteiger partial charge in [-0.05, 0) is 42.4 Å². The predicted octanol–water partition coefficient (Wildman–Crippen LogP) is 4.92. The summed E-state index contributed by atoms with van der Waals surface area (Å²) in [6.07, 6.45) is 6.76. The monoisotopic (exact) mass is 362 g/mol. The first-order valence-corrected chi connectivity index (χ1v) is 10.6. The van der Waals surface area contributed by atoms with Crippen molar-refractivity contribution in [3.05, 3.63) is 23.8 Å². The molecule has 1 aromatic rings. The second-order valence-electron chi connectivity index (χ2n) is 7.41. The van der Waals surface area contributed by atoms with Crippen LogP contribution >= 0.6 is 11.8 Å². The van der Waals surface area contributed by atoms with Crippen molar-refractivity contribution in [2.75, 3.05) is 24.2 Å². The Bertz CT molecular complexity index is 622. The van der Waals surface area contributed by atoms with E-state index in [1.54, 1.807) is 0 Å². The van der Waals surface area contributed by atoms with Gasteiger partial charge in [0.1, 0.15) is 5.75 Å². The van der Waals surface area contributed by atoms with Gasteiger partial charge in [-0.2, -0.15) is 0 Å². The zero-order valence-corrected chi connectivity index (χ0v) is 16.5. The van der Waals surface area contributed by atoms with E-state index in [0.717, 1.165) is 12.8 Å². The molecule has 0 saturated carbocycles. The molecule has 2 unspecified atom stereocenters. The van der Waals surface area contributed by atoms with E-state index in [1.807, 2.05) is 17.8 Å². The Morgan fingerprint density at radius 1 is 1.36 bits per heavy atom. The first-order valence-electron chi connectivity index (χ1n) is 9.51. The molecule has 0 bridgehead atoms. The van der Waals surface area contributed by atoms with Crippen LogP contribution in [0, 0.1) is 0 Å². The molecule has 25 heavy (non-hydrogen) atoms. The van der Waals surface area contributed by atoms with Crippen molar-refractivity contribution in [1.82, 2.24) is 5.32 Å². The molecule has 2 heterocycles. The van der Waals surface area contributed by atoms with Gasteiger partial charge in [-0.25, -0.2) is 4.79 Å². The van der Waals surface area contributed by atoms with Gasteiger partial charge in [-0.1, -0.05) is 39.5 Å². The van der Waals surface area contributed by atoms with Crippen molar-refractivity contribution in [2.24, 2.45) is 0 Å². The topological polar surface area (TPSA) is 41.6 Å². The molecule has 4 nitrogen and oxygen atoms in total. The van der Waals surface area contributed by atoms with Crippen LogP contribution in [0.25, 0.3) is 0 Å². The van der Waals surface area contributed by atoms with E-state index >= 15 is 0 Å². The Morgan fingerprint density at radius 2 is 2.16 bits per heavy atom. The zero-order valence-electron chi connectivity index (χ0n) is 15.6. The van der Waals surface area contributed by atoms with E-state index in [-0.39, 0.29) is 11.5 Å². The molecule has 1 amide bonds. The number of ether oxygens (including phenoxy) is 1. The molecule has 2 aliphatic heterocycles. The molecular formula is C20H30N2O2S. The molecule has 1 saturated heterocycles. The van der Waals surface area contributed by atoms with E-state index in [0.29, 0.717) is 17.7 Å². The summed E-state index contributed by atoms with van der Waals surface area (Å²) in [6.45, 7) is 5.23. The molecule has 2 atom stereocenters. The summed E-state index contributed by atoms with van der Waals surface area (Å²) >= 11 is 2.02. The Morgan fingerprint density at radius 3 is 2.96 bits per heavy atom. The van der Waals surface area contributed by atoms with E-state index in [4.69, 9.17) is 4.74 Å². The smallest absolute Gasteiger partial charge is 0.410 e. The van der Waals surface area contributed by atoms with Crippen LogP contribution in [0.3, 0.4) is 0 Å². The zero-order chi connectivity index (χ0) is 17.9. The maximum atomic E-state index is 12.0. The number of hydrogen-bond acceptors (Lipinski definition) is 4. The lowest BCUT2D eigenvalue weighted by Gasteiger charge is -2.27. The van der Waals surface area contributed by atoms with E-state index < -0.39 is 0 Å². The highest BCUT2D eigenvalue weighted by atomic mass is 32.2. The van der Waals surface area contributed by atoms with E-state index in [1.165, 1.54) is 42.7 Å². The fourth-order valence-electron chi connectivity index (χ4n) is 4.03. The number of thioether (sulfide) groups is 1. The summed E-state index contributed by atoms with van der Waals surface area (Å²) in [5, 5.41) is 3.36. The maximum absolute atomic E-state index is 12.0. The normalized spacial score (nSPS) is 24.1. The van der Waals surface area contributed by atoms with Gasteiger partial charge in [0.25, 0.3) is 0 Å². The lowest BCUT2D eigenvalue weighted by atomic mass is 9.82. The highest BCUT2D eigenvalue weighted by Gasteiger charge is 2.50. The number of likely N-dealkylation sites (N-methyl/N-ethyl adjacent to an activating group) is 1. The van der Waals surface area contributed by atoms with Gasteiger partial charge in [-0.3, -0.25) is 0 Å². The highest BCUT2D eigenvalue weighted by Crippen LogP contribution is 2.55. The lowest BCUT2D eigenvalue weighted by Crippen LogP contribution is -2.34. The number of hydrogen-bond donors (Lipinski definition) is 1. The molecule has 0 aliphatic carbocycles. The van der Waals surface area contributed by atoms with Crippen molar-refractivity contribution < 1.29 is 9.53 Å². The Hall–Kier alpha value is -1.36. The lowest BCUT2D eigenvalue weighted by molar-refractivity contribution is 0.200. The van der Waals surface area contributed by atoms with E-state index in [9.17, 15) is 4.79 Å². The largest absolute Gasteiger partial charge is 0.412 e. The number of carbonyl (C=O) groups excluding carboxylic acids is 1. The first kappa shape index (κ1) is 18.4. The summed E-state index contributed by atoms with van der Waals surface area (Å²) in [5.41, 5.74) is 2.74. The summed E-state index contributed by atoms with van der Waals surface area (Å²) in [5.74, 6) is 1.84. The number of amides is 1. The number of unbranched alkanes of at least 4 members (excludes halogenated alkanes) is 4. The minimum absolute atomic E-state index is 0.157. The number of nitrogens with zero attached hydrogens (tertiary/aromatic N) is 1. The molecule has 1 N–H and O–H groups in total. The average molecular weight is 363 g/mol. The molecule has 3 rings (SSSR count).